The number of amidine groups is 2. The van der Waals surface area contributed by atoms with Crippen molar-refractivity contribution in [2.45, 2.75) is 24.3 Å². The average molecular weight is 545 g/mol. The molecule has 38 heavy (non-hydrogen) atoms. The summed E-state index contributed by atoms with van der Waals surface area (Å²) >= 11 is 3.59. The van der Waals surface area contributed by atoms with E-state index in [0.717, 1.165) is 74.4 Å². The molecule has 198 valence electrons. The van der Waals surface area contributed by atoms with Gasteiger partial charge in [0, 0.05) is 24.6 Å². The van der Waals surface area contributed by atoms with Gasteiger partial charge in [-0.15, -0.1) is 0 Å². The highest BCUT2D eigenvalue weighted by Gasteiger charge is 2.15. The van der Waals surface area contributed by atoms with Crippen LogP contribution >= 0.6 is 23.5 Å². The highest BCUT2D eigenvalue weighted by molar-refractivity contribution is 8.13. The second-order valence-corrected chi connectivity index (χ2v) is 11.4. The van der Waals surface area contributed by atoms with Crippen molar-refractivity contribution in [3.05, 3.63) is 107 Å². The Labute approximate surface area is 235 Å². The molecule has 0 aliphatic carbocycles. The van der Waals surface area contributed by atoms with Crippen LogP contribution in [0, 0.1) is 0 Å². The van der Waals surface area contributed by atoms with Crippen molar-refractivity contribution in [2.75, 3.05) is 39.8 Å². The first-order valence-electron chi connectivity index (χ1n) is 13.2. The van der Waals surface area contributed by atoms with Gasteiger partial charge in [-0.05, 0) is 35.1 Å². The summed E-state index contributed by atoms with van der Waals surface area (Å²) in [6.45, 7) is 5.25. The van der Waals surface area contributed by atoms with Gasteiger partial charge in [-0.3, -0.25) is 9.80 Å². The zero-order chi connectivity index (χ0) is 25.8. The molecular formula is C30H36N6S2. The molecule has 0 amide bonds. The third kappa shape index (κ3) is 8.36. The van der Waals surface area contributed by atoms with Crippen LogP contribution in [0.4, 0.5) is 0 Å². The van der Waals surface area contributed by atoms with Gasteiger partial charge in [0.15, 0.2) is 10.3 Å². The Bertz CT molecular complexity index is 1110. The largest absolute Gasteiger partial charge is 0.352 e. The summed E-state index contributed by atoms with van der Waals surface area (Å²) in [4.78, 5) is 14.3. The Morgan fingerprint density at radius 3 is 1.39 bits per heavy atom. The minimum absolute atomic E-state index is 0.757. The molecule has 0 unspecified atom stereocenters. The molecule has 2 N–H and O–H groups in total. The van der Waals surface area contributed by atoms with Crippen LogP contribution in [-0.4, -0.2) is 59.9 Å². The first-order chi connectivity index (χ1) is 18.8. The van der Waals surface area contributed by atoms with E-state index in [2.05, 4.69) is 105 Å². The number of thioether (sulfide) groups is 2. The lowest BCUT2D eigenvalue weighted by atomic mass is 10.1. The third-order valence-corrected chi connectivity index (χ3v) is 8.71. The van der Waals surface area contributed by atoms with E-state index in [4.69, 9.17) is 9.98 Å². The number of nitrogens with zero attached hydrogens (tertiary/aromatic N) is 4. The number of hydrogen-bond donors (Lipinski definition) is 2. The maximum atomic E-state index is 4.78. The van der Waals surface area contributed by atoms with Crippen LogP contribution in [0.3, 0.4) is 0 Å². The molecule has 0 aromatic heterocycles. The topological polar surface area (TPSA) is 55.3 Å². The maximum absolute atomic E-state index is 4.78. The smallest absolute Gasteiger partial charge is 0.159 e. The molecule has 3 aromatic rings. The van der Waals surface area contributed by atoms with Crippen LogP contribution in [-0.2, 0) is 24.3 Å². The Morgan fingerprint density at radius 2 is 1.00 bits per heavy atom. The van der Waals surface area contributed by atoms with Crippen molar-refractivity contribution in [3.8, 4) is 0 Å². The lowest BCUT2D eigenvalue weighted by Gasteiger charge is -2.27. The zero-order valence-electron chi connectivity index (χ0n) is 21.8. The van der Waals surface area contributed by atoms with Gasteiger partial charge in [0.05, 0.1) is 26.7 Å². The van der Waals surface area contributed by atoms with E-state index in [0.29, 0.717) is 0 Å². The highest BCUT2D eigenvalue weighted by Crippen LogP contribution is 2.23. The molecule has 0 saturated heterocycles. The molecule has 2 aliphatic rings. The molecular weight excluding hydrogens is 509 g/mol. The van der Waals surface area contributed by atoms with Crippen LogP contribution in [0.25, 0.3) is 0 Å². The van der Waals surface area contributed by atoms with Crippen molar-refractivity contribution in [1.82, 2.24) is 20.4 Å². The number of nitrogens with one attached hydrogen (secondary N) is 2. The van der Waals surface area contributed by atoms with Gasteiger partial charge in [0.25, 0.3) is 0 Å². The predicted octanol–water partition coefficient (Wildman–Crippen LogP) is 4.99. The van der Waals surface area contributed by atoms with Crippen molar-refractivity contribution in [3.63, 3.8) is 0 Å². The van der Waals surface area contributed by atoms with Crippen molar-refractivity contribution in [1.29, 1.82) is 0 Å². The Morgan fingerprint density at radius 1 is 0.579 bits per heavy atom. The van der Waals surface area contributed by atoms with Gasteiger partial charge < -0.3 is 10.6 Å². The average Bonchev–Trinajstić information content (AvgIpc) is 2.99. The molecule has 0 spiro atoms. The van der Waals surface area contributed by atoms with Gasteiger partial charge in [-0.25, -0.2) is 9.98 Å². The number of hydrogen-bond acceptors (Lipinski definition) is 8. The third-order valence-electron chi connectivity index (χ3n) is 6.70. The summed E-state index contributed by atoms with van der Waals surface area (Å²) in [5.74, 6) is 1.83. The van der Waals surface area contributed by atoms with Crippen LogP contribution in [0.2, 0.25) is 0 Å². The fourth-order valence-corrected chi connectivity index (χ4v) is 6.17. The molecule has 0 fully saturated rings. The highest BCUT2D eigenvalue weighted by atomic mass is 32.2. The summed E-state index contributed by atoms with van der Waals surface area (Å²) in [5.41, 5.74) is 5.48. The zero-order valence-corrected chi connectivity index (χ0v) is 23.4. The van der Waals surface area contributed by atoms with E-state index in [1.165, 1.54) is 22.3 Å². The Balaban J connectivity index is 1.04. The van der Waals surface area contributed by atoms with E-state index < -0.39 is 0 Å². The predicted molar refractivity (Wildman–Crippen MR) is 163 cm³/mol. The van der Waals surface area contributed by atoms with E-state index in [1.54, 1.807) is 23.5 Å². The minimum atomic E-state index is 0.757. The molecule has 5 rings (SSSR count). The van der Waals surface area contributed by atoms with Crippen molar-refractivity contribution >= 4 is 33.9 Å². The van der Waals surface area contributed by atoms with E-state index in [-0.39, 0.29) is 0 Å². The number of aliphatic imine (C=N–C) groups is 2. The van der Waals surface area contributed by atoms with Gasteiger partial charge in [0.2, 0.25) is 0 Å². The van der Waals surface area contributed by atoms with Crippen molar-refractivity contribution < 1.29 is 0 Å². The standard InChI is InChI=1S/C30H36N6S2/c1-3-9-25(10-4-1)15-17-35-21-31-29(32-22-35)37-19-27-13-7-8-14-28(27)20-38-30-33-23-36(24-34-30)18-16-26-11-5-2-6-12-26/h1-14H,15-24H2,(H,31,32)(H,33,34). The molecule has 2 heterocycles. The van der Waals surface area contributed by atoms with Gasteiger partial charge in [-0.2, -0.15) is 0 Å². The fraction of sp³-hybridized carbons (Fsp3) is 0.333. The lowest BCUT2D eigenvalue weighted by Crippen LogP contribution is -2.42. The van der Waals surface area contributed by atoms with Crippen LogP contribution in [0.5, 0.6) is 0 Å². The van der Waals surface area contributed by atoms with Crippen molar-refractivity contribution in [2.24, 2.45) is 9.98 Å². The summed E-state index contributed by atoms with van der Waals surface area (Å²) < 4.78 is 0. The normalized spacial score (nSPS) is 16.3. The Hall–Kier alpha value is -2.78. The first kappa shape index (κ1) is 26.8. The minimum Gasteiger partial charge on any atom is -0.352 e. The lowest BCUT2D eigenvalue weighted by molar-refractivity contribution is 0.270. The maximum Gasteiger partial charge on any atom is 0.159 e. The Kier molecular flexibility index (Phi) is 10.2. The molecule has 8 heteroatoms. The van der Waals surface area contributed by atoms with E-state index in [1.807, 2.05) is 0 Å². The number of benzene rings is 3. The van der Waals surface area contributed by atoms with E-state index in [9.17, 15) is 0 Å². The number of rotatable bonds is 10. The molecule has 0 radical (unpaired) electrons. The molecule has 6 nitrogen and oxygen atoms in total. The second kappa shape index (κ2) is 14.4. The summed E-state index contributed by atoms with van der Waals surface area (Å²) in [6, 6.07) is 30.1. The molecule has 0 bridgehead atoms. The van der Waals surface area contributed by atoms with Crippen LogP contribution in [0.15, 0.2) is 94.9 Å². The van der Waals surface area contributed by atoms with Crippen LogP contribution < -0.4 is 10.6 Å². The summed E-state index contributed by atoms with van der Waals surface area (Å²) in [7, 11) is 0. The molecule has 2 aliphatic heterocycles. The van der Waals surface area contributed by atoms with Gasteiger partial charge >= 0.3 is 0 Å². The van der Waals surface area contributed by atoms with Crippen LogP contribution in [0.1, 0.15) is 22.3 Å². The van der Waals surface area contributed by atoms with E-state index >= 15 is 0 Å². The van der Waals surface area contributed by atoms with Gasteiger partial charge in [-0.1, -0.05) is 108 Å². The molecule has 0 saturated carbocycles. The second-order valence-electron chi connectivity index (χ2n) is 9.49. The van der Waals surface area contributed by atoms with Gasteiger partial charge in [0.1, 0.15) is 0 Å². The molecule has 3 aromatic carbocycles. The SMILES string of the molecule is c1ccc(CCN2CN=C(SCc3ccccc3CSC3=NCN(CCc4ccccc4)CN3)NC2)cc1. The summed E-state index contributed by atoms with van der Waals surface area (Å²) in [6.07, 6.45) is 2.11. The molecule has 0 atom stereocenters. The monoisotopic (exact) mass is 544 g/mol. The summed E-state index contributed by atoms with van der Waals surface area (Å²) in [5, 5.41) is 9.09. The fourth-order valence-electron chi connectivity index (χ4n) is 4.39. The first-order valence-corrected chi connectivity index (χ1v) is 15.2. The quantitative estimate of drug-likeness (QED) is 0.375.